The summed E-state index contributed by atoms with van der Waals surface area (Å²) in [5.41, 5.74) is 1.14. The smallest absolute Gasteiger partial charge is 0.256 e. The Morgan fingerprint density at radius 1 is 1.35 bits per heavy atom. The van der Waals surface area contributed by atoms with Crippen molar-refractivity contribution in [2.75, 3.05) is 34.0 Å². The first-order chi connectivity index (χ1) is 8.24. The minimum Gasteiger partial charge on any atom is -0.457 e. The second-order valence-corrected chi connectivity index (χ2v) is 4.43. The Labute approximate surface area is 100 Å². The van der Waals surface area contributed by atoms with Crippen LogP contribution in [0.3, 0.4) is 0 Å². The number of likely N-dealkylation sites (N-methyl/N-ethyl adjacent to an activating group) is 1. The maximum absolute atomic E-state index is 5.30. The van der Waals surface area contributed by atoms with Crippen LogP contribution in [-0.4, -0.2) is 60.8 Å². The Morgan fingerprint density at radius 3 is 2.88 bits per heavy atom. The molecule has 0 N–H and O–H groups in total. The van der Waals surface area contributed by atoms with Crippen molar-refractivity contribution in [3.8, 4) is 0 Å². The quantitative estimate of drug-likeness (QED) is 0.684. The summed E-state index contributed by atoms with van der Waals surface area (Å²) < 4.78 is 10.6. The highest BCUT2D eigenvalue weighted by Gasteiger charge is 2.31. The Kier molecular flexibility index (Phi) is 2.35. The highest BCUT2D eigenvalue weighted by Crippen LogP contribution is 2.22. The zero-order valence-corrected chi connectivity index (χ0v) is 10.0. The van der Waals surface area contributed by atoms with Crippen molar-refractivity contribution in [2.45, 2.75) is 6.29 Å². The minimum absolute atomic E-state index is 0.219. The van der Waals surface area contributed by atoms with E-state index in [0.717, 1.165) is 18.2 Å². The predicted octanol–water partition coefficient (Wildman–Crippen LogP) is 0.178. The van der Waals surface area contributed by atoms with Crippen molar-refractivity contribution in [1.82, 2.24) is 14.7 Å². The van der Waals surface area contributed by atoms with Gasteiger partial charge in [-0.1, -0.05) is 0 Å². The second-order valence-electron chi connectivity index (χ2n) is 4.43. The summed E-state index contributed by atoms with van der Waals surface area (Å²) in [7, 11) is 4.11. The minimum atomic E-state index is -0.219. The zero-order valence-electron chi connectivity index (χ0n) is 10.0. The summed E-state index contributed by atoms with van der Waals surface area (Å²) in [5, 5.41) is 0. The van der Waals surface area contributed by atoms with Crippen LogP contribution in [0.2, 0.25) is 0 Å². The molecule has 0 aromatic rings. The van der Waals surface area contributed by atoms with Crippen LogP contribution < -0.4 is 0 Å². The molecule has 6 nitrogen and oxygen atoms in total. The van der Waals surface area contributed by atoms with Crippen LogP contribution >= 0.6 is 0 Å². The van der Waals surface area contributed by atoms with Crippen LogP contribution in [0.1, 0.15) is 0 Å². The van der Waals surface area contributed by atoms with E-state index >= 15 is 0 Å². The maximum Gasteiger partial charge on any atom is 0.256 e. The van der Waals surface area contributed by atoms with Crippen LogP contribution in [0.5, 0.6) is 0 Å². The Balaban J connectivity index is 1.72. The van der Waals surface area contributed by atoms with Gasteiger partial charge in [0.05, 0.1) is 18.9 Å². The van der Waals surface area contributed by atoms with E-state index in [-0.39, 0.29) is 6.29 Å². The van der Waals surface area contributed by atoms with Gasteiger partial charge < -0.3 is 24.2 Å². The first kappa shape index (κ1) is 10.3. The summed E-state index contributed by atoms with van der Waals surface area (Å²) in [4.78, 5) is 11.0. The Morgan fingerprint density at radius 2 is 2.12 bits per heavy atom. The number of amidine groups is 1. The van der Waals surface area contributed by atoms with Gasteiger partial charge in [0.25, 0.3) is 6.29 Å². The molecule has 0 radical (unpaired) electrons. The molecule has 0 aromatic carbocycles. The number of ether oxygens (including phenoxy) is 2. The molecular formula is C11H16N4O2. The third-order valence-electron chi connectivity index (χ3n) is 2.99. The molecular weight excluding hydrogens is 220 g/mol. The SMILES string of the molecule is CN1C=C2C(=NCN2CC2OC=CO2)N(C)C1. The van der Waals surface area contributed by atoms with Gasteiger partial charge in [0.15, 0.2) is 5.84 Å². The van der Waals surface area contributed by atoms with Crippen LogP contribution in [0.4, 0.5) is 0 Å². The van der Waals surface area contributed by atoms with E-state index in [2.05, 4.69) is 40.0 Å². The highest BCUT2D eigenvalue weighted by atomic mass is 16.7. The lowest BCUT2D eigenvalue weighted by Gasteiger charge is -2.33. The lowest BCUT2D eigenvalue weighted by Crippen LogP contribution is -2.43. The van der Waals surface area contributed by atoms with E-state index in [1.54, 1.807) is 12.5 Å². The molecule has 3 aliphatic heterocycles. The average Bonchev–Trinajstić information content (AvgIpc) is 2.89. The summed E-state index contributed by atoms with van der Waals surface area (Å²) in [6.45, 7) is 2.23. The van der Waals surface area contributed by atoms with Gasteiger partial charge in [-0.25, -0.2) is 4.99 Å². The van der Waals surface area contributed by atoms with Gasteiger partial charge in [-0.2, -0.15) is 0 Å². The van der Waals surface area contributed by atoms with Crippen molar-refractivity contribution in [1.29, 1.82) is 0 Å². The fourth-order valence-electron chi connectivity index (χ4n) is 2.25. The van der Waals surface area contributed by atoms with E-state index in [1.807, 2.05) is 0 Å². The molecule has 0 spiro atoms. The third kappa shape index (κ3) is 1.79. The van der Waals surface area contributed by atoms with E-state index in [0.29, 0.717) is 13.2 Å². The summed E-state index contributed by atoms with van der Waals surface area (Å²) in [5.74, 6) is 1.05. The van der Waals surface area contributed by atoms with Crippen LogP contribution in [0.15, 0.2) is 29.4 Å². The van der Waals surface area contributed by atoms with Crippen molar-refractivity contribution in [3.05, 3.63) is 24.4 Å². The normalized spacial score (nSPS) is 23.3. The van der Waals surface area contributed by atoms with Gasteiger partial charge in [0, 0.05) is 20.3 Å². The number of fused-ring (bicyclic) bond motifs is 1. The molecule has 0 atom stereocenters. The molecule has 0 aromatic heterocycles. The molecule has 3 aliphatic rings. The molecule has 0 saturated heterocycles. The first-order valence-electron chi connectivity index (χ1n) is 5.63. The number of rotatable bonds is 2. The molecule has 0 amide bonds. The zero-order chi connectivity index (χ0) is 11.8. The van der Waals surface area contributed by atoms with Crippen molar-refractivity contribution >= 4 is 5.84 Å². The number of hydrogen-bond donors (Lipinski definition) is 0. The molecule has 3 rings (SSSR count). The van der Waals surface area contributed by atoms with E-state index < -0.39 is 0 Å². The third-order valence-corrected chi connectivity index (χ3v) is 2.99. The monoisotopic (exact) mass is 236 g/mol. The van der Waals surface area contributed by atoms with Crippen molar-refractivity contribution in [2.24, 2.45) is 4.99 Å². The average molecular weight is 236 g/mol. The Hall–Kier alpha value is -1.85. The molecule has 0 saturated carbocycles. The van der Waals surface area contributed by atoms with Crippen molar-refractivity contribution in [3.63, 3.8) is 0 Å². The second kappa shape index (κ2) is 3.87. The fourth-order valence-corrected chi connectivity index (χ4v) is 2.25. The predicted molar refractivity (Wildman–Crippen MR) is 62.6 cm³/mol. The molecule has 92 valence electrons. The Bertz CT molecular complexity index is 396. The van der Waals surface area contributed by atoms with Gasteiger partial charge in [-0.05, 0) is 0 Å². The molecule has 3 heterocycles. The lowest BCUT2D eigenvalue weighted by atomic mass is 10.3. The maximum atomic E-state index is 5.30. The topological polar surface area (TPSA) is 40.5 Å². The highest BCUT2D eigenvalue weighted by molar-refractivity contribution is 5.99. The van der Waals surface area contributed by atoms with Crippen LogP contribution in [0.25, 0.3) is 0 Å². The number of nitrogens with zero attached hydrogens (tertiary/aromatic N) is 4. The van der Waals surface area contributed by atoms with Gasteiger partial charge in [-0.15, -0.1) is 0 Å². The number of hydrogen-bond acceptors (Lipinski definition) is 6. The molecule has 6 heteroatoms. The van der Waals surface area contributed by atoms with Crippen molar-refractivity contribution < 1.29 is 9.47 Å². The van der Waals surface area contributed by atoms with Gasteiger partial charge in [0.2, 0.25) is 0 Å². The molecule has 17 heavy (non-hydrogen) atoms. The van der Waals surface area contributed by atoms with Gasteiger partial charge in [0.1, 0.15) is 19.2 Å². The van der Waals surface area contributed by atoms with Gasteiger partial charge in [-0.3, -0.25) is 0 Å². The largest absolute Gasteiger partial charge is 0.457 e. The summed E-state index contributed by atoms with van der Waals surface area (Å²) in [6, 6.07) is 0. The number of aliphatic imine (C=N–C) groups is 1. The van der Waals surface area contributed by atoms with Crippen LogP contribution in [0, 0.1) is 0 Å². The first-order valence-corrected chi connectivity index (χ1v) is 5.63. The fraction of sp³-hybridized carbons (Fsp3) is 0.545. The summed E-state index contributed by atoms with van der Waals surface area (Å²) >= 11 is 0. The molecule has 0 unspecified atom stereocenters. The van der Waals surface area contributed by atoms with E-state index in [4.69, 9.17) is 9.47 Å². The van der Waals surface area contributed by atoms with Gasteiger partial charge >= 0.3 is 0 Å². The van der Waals surface area contributed by atoms with Crippen LogP contribution in [-0.2, 0) is 9.47 Å². The molecule has 0 aliphatic carbocycles. The van der Waals surface area contributed by atoms with E-state index in [1.165, 1.54) is 0 Å². The molecule has 0 fully saturated rings. The lowest BCUT2D eigenvalue weighted by molar-refractivity contribution is -0.0379. The van der Waals surface area contributed by atoms with E-state index in [9.17, 15) is 0 Å². The summed E-state index contributed by atoms with van der Waals surface area (Å²) in [6.07, 6.45) is 5.06. The molecule has 0 bridgehead atoms. The standard InChI is InChI=1S/C11H16N4O2/c1-13-5-9-11(14(2)8-13)12-7-15(9)6-10-16-3-4-17-10/h3-5,10H,6-8H2,1-2H3.